The van der Waals surface area contributed by atoms with Crippen LogP contribution in [0, 0.1) is 6.92 Å². The van der Waals surface area contributed by atoms with Gasteiger partial charge in [-0.05, 0) is 42.6 Å². The highest BCUT2D eigenvalue weighted by molar-refractivity contribution is 7.89. The minimum Gasteiger partial charge on any atom is -0.322 e. The van der Waals surface area contributed by atoms with Crippen LogP contribution in [0.3, 0.4) is 0 Å². The first kappa shape index (κ1) is 16.7. The predicted molar refractivity (Wildman–Crippen MR) is 94.8 cm³/mol. The normalized spacial score (nSPS) is 11.8. The molecule has 0 saturated carbocycles. The Morgan fingerprint density at radius 3 is 2.62 bits per heavy atom. The zero-order valence-corrected chi connectivity index (χ0v) is 14.4. The van der Waals surface area contributed by atoms with E-state index in [1.54, 1.807) is 18.2 Å². The molecule has 0 aliphatic heterocycles. The number of halogens is 1. The molecule has 0 spiro atoms. The largest absolute Gasteiger partial charge is 0.322 e. The Morgan fingerprint density at radius 2 is 1.88 bits per heavy atom. The van der Waals surface area contributed by atoms with Crippen molar-refractivity contribution in [2.75, 3.05) is 0 Å². The van der Waals surface area contributed by atoms with Gasteiger partial charge in [-0.15, -0.1) is 0 Å². The molecular formula is C17H15ClN2O3S. The third-order valence-corrected chi connectivity index (χ3v) is 5.56. The fourth-order valence-corrected chi connectivity index (χ4v) is 3.94. The zero-order chi connectivity index (χ0) is 17.3. The van der Waals surface area contributed by atoms with Gasteiger partial charge in [-0.1, -0.05) is 35.4 Å². The van der Waals surface area contributed by atoms with Crippen LogP contribution in [0.5, 0.6) is 0 Å². The summed E-state index contributed by atoms with van der Waals surface area (Å²) in [4.78, 5) is 14.9. The maximum Gasteiger partial charge on any atom is 0.252 e. The molecule has 1 heterocycles. The summed E-state index contributed by atoms with van der Waals surface area (Å²) in [5, 5.41) is 0.981. The van der Waals surface area contributed by atoms with Crippen molar-refractivity contribution in [3.8, 4) is 0 Å². The van der Waals surface area contributed by atoms with Crippen LogP contribution in [0.4, 0.5) is 0 Å². The summed E-state index contributed by atoms with van der Waals surface area (Å²) in [6.07, 6.45) is 0. The smallest absolute Gasteiger partial charge is 0.252 e. The molecule has 2 N–H and O–H groups in total. The van der Waals surface area contributed by atoms with E-state index in [1.807, 2.05) is 25.1 Å². The third kappa shape index (κ3) is 3.36. The van der Waals surface area contributed by atoms with Gasteiger partial charge in [0, 0.05) is 17.6 Å². The van der Waals surface area contributed by atoms with Gasteiger partial charge in [-0.3, -0.25) is 4.79 Å². The minimum atomic E-state index is -3.80. The Balaban J connectivity index is 1.92. The molecule has 0 bridgehead atoms. The van der Waals surface area contributed by atoms with E-state index < -0.39 is 10.0 Å². The molecule has 0 unspecified atom stereocenters. The number of H-pyrrole nitrogens is 1. The molecule has 2 aromatic carbocycles. The molecule has 7 heteroatoms. The van der Waals surface area contributed by atoms with Crippen molar-refractivity contribution in [3.05, 3.63) is 75.0 Å². The molecule has 0 atom stereocenters. The lowest BCUT2D eigenvalue weighted by Crippen LogP contribution is -2.27. The first-order valence-corrected chi connectivity index (χ1v) is 9.10. The van der Waals surface area contributed by atoms with Gasteiger partial charge in [0.25, 0.3) is 5.56 Å². The molecule has 0 aliphatic carbocycles. The molecule has 3 rings (SSSR count). The maximum absolute atomic E-state index is 12.3. The van der Waals surface area contributed by atoms with Gasteiger partial charge >= 0.3 is 0 Å². The Kier molecular flexibility index (Phi) is 4.45. The first-order valence-electron chi connectivity index (χ1n) is 7.23. The molecule has 3 aromatic rings. The molecule has 0 fully saturated rings. The van der Waals surface area contributed by atoms with Crippen LogP contribution in [-0.4, -0.2) is 13.4 Å². The fourth-order valence-electron chi connectivity index (χ4n) is 2.42. The van der Waals surface area contributed by atoms with Crippen molar-refractivity contribution in [2.24, 2.45) is 0 Å². The van der Waals surface area contributed by atoms with E-state index in [0.717, 1.165) is 10.9 Å². The first-order chi connectivity index (χ1) is 11.4. The minimum absolute atomic E-state index is 0.0141. The number of benzene rings is 2. The highest BCUT2D eigenvalue weighted by Gasteiger charge is 2.17. The molecule has 124 valence electrons. The van der Waals surface area contributed by atoms with Crippen LogP contribution < -0.4 is 10.3 Å². The maximum atomic E-state index is 12.3. The third-order valence-electron chi connectivity index (χ3n) is 3.66. The Bertz CT molecular complexity index is 1070. The van der Waals surface area contributed by atoms with Crippen LogP contribution >= 0.6 is 11.6 Å². The van der Waals surface area contributed by atoms with E-state index in [9.17, 15) is 13.2 Å². The van der Waals surface area contributed by atoms with E-state index in [4.69, 9.17) is 11.6 Å². The molecule has 0 aliphatic rings. The van der Waals surface area contributed by atoms with E-state index >= 15 is 0 Å². The summed E-state index contributed by atoms with van der Waals surface area (Å²) in [6, 6.07) is 13.5. The van der Waals surface area contributed by atoms with Gasteiger partial charge in [0.2, 0.25) is 10.0 Å². The van der Waals surface area contributed by atoms with Gasteiger partial charge in [-0.25, -0.2) is 13.1 Å². The van der Waals surface area contributed by atoms with Crippen LogP contribution in [0.1, 0.15) is 11.1 Å². The van der Waals surface area contributed by atoms with E-state index in [2.05, 4.69) is 9.71 Å². The van der Waals surface area contributed by atoms with Gasteiger partial charge < -0.3 is 4.98 Å². The standard InChI is InChI=1S/C17H15ClN2O3S/c1-11-6-7-15-12(8-11)9-13(17(21)20-15)10-19-24(22,23)16-5-3-2-4-14(16)18/h2-9,19H,10H2,1H3,(H,20,21). The number of hydrogen-bond donors (Lipinski definition) is 2. The SMILES string of the molecule is Cc1ccc2[nH]c(=O)c(CNS(=O)(=O)c3ccccc3Cl)cc2c1. The number of nitrogens with one attached hydrogen (secondary N) is 2. The Morgan fingerprint density at radius 1 is 1.12 bits per heavy atom. The molecule has 5 nitrogen and oxygen atoms in total. The molecule has 0 radical (unpaired) electrons. The second kappa shape index (κ2) is 6.39. The second-order valence-electron chi connectivity index (χ2n) is 5.47. The van der Waals surface area contributed by atoms with Crippen LogP contribution in [0.15, 0.2) is 58.2 Å². The van der Waals surface area contributed by atoms with Crippen LogP contribution in [-0.2, 0) is 16.6 Å². The Hall–Kier alpha value is -2.15. The summed E-state index contributed by atoms with van der Waals surface area (Å²) in [5.41, 5.74) is 1.78. The number of rotatable bonds is 4. The summed E-state index contributed by atoms with van der Waals surface area (Å²) >= 11 is 5.93. The lowest BCUT2D eigenvalue weighted by Gasteiger charge is -2.09. The van der Waals surface area contributed by atoms with Crippen molar-refractivity contribution in [1.29, 1.82) is 0 Å². The second-order valence-corrected chi connectivity index (χ2v) is 7.61. The summed E-state index contributed by atoms with van der Waals surface area (Å²) in [5.74, 6) is 0. The number of hydrogen-bond acceptors (Lipinski definition) is 3. The molecular weight excluding hydrogens is 348 g/mol. The van der Waals surface area contributed by atoms with Crippen molar-refractivity contribution in [2.45, 2.75) is 18.4 Å². The lowest BCUT2D eigenvalue weighted by atomic mass is 10.1. The molecule has 1 aromatic heterocycles. The average Bonchev–Trinajstić information content (AvgIpc) is 2.53. The Labute approximate surface area is 144 Å². The fraction of sp³-hybridized carbons (Fsp3) is 0.118. The summed E-state index contributed by atoms with van der Waals surface area (Å²) < 4.78 is 27.1. The van der Waals surface area contributed by atoms with Gasteiger partial charge in [0.15, 0.2) is 0 Å². The monoisotopic (exact) mass is 362 g/mol. The molecule has 0 amide bonds. The van der Waals surface area contributed by atoms with Crippen LogP contribution in [0.25, 0.3) is 10.9 Å². The quantitative estimate of drug-likeness (QED) is 0.748. The number of pyridine rings is 1. The predicted octanol–water partition coefficient (Wildman–Crippen LogP) is 2.97. The van der Waals surface area contributed by atoms with E-state index in [1.165, 1.54) is 12.1 Å². The van der Waals surface area contributed by atoms with E-state index in [0.29, 0.717) is 11.1 Å². The zero-order valence-electron chi connectivity index (χ0n) is 12.8. The van der Waals surface area contributed by atoms with Crippen LogP contribution in [0.2, 0.25) is 5.02 Å². The highest BCUT2D eigenvalue weighted by atomic mass is 35.5. The lowest BCUT2D eigenvalue weighted by molar-refractivity contribution is 0.581. The summed E-state index contributed by atoms with van der Waals surface area (Å²) in [6.45, 7) is 1.83. The van der Waals surface area contributed by atoms with Crippen molar-refractivity contribution in [1.82, 2.24) is 9.71 Å². The van der Waals surface area contributed by atoms with Crippen molar-refractivity contribution < 1.29 is 8.42 Å². The number of aromatic nitrogens is 1. The van der Waals surface area contributed by atoms with Crippen molar-refractivity contribution in [3.63, 3.8) is 0 Å². The van der Waals surface area contributed by atoms with E-state index in [-0.39, 0.29) is 22.0 Å². The van der Waals surface area contributed by atoms with Gasteiger partial charge in [-0.2, -0.15) is 0 Å². The number of aromatic amines is 1. The van der Waals surface area contributed by atoms with Gasteiger partial charge in [0.05, 0.1) is 5.02 Å². The van der Waals surface area contributed by atoms with Crippen molar-refractivity contribution >= 4 is 32.5 Å². The molecule has 24 heavy (non-hydrogen) atoms. The highest BCUT2D eigenvalue weighted by Crippen LogP contribution is 2.20. The topological polar surface area (TPSA) is 79.0 Å². The number of aryl methyl sites for hydroxylation is 1. The molecule has 0 saturated heterocycles. The van der Waals surface area contributed by atoms with Gasteiger partial charge in [0.1, 0.15) is 4.90 Å². The average molecular weight is 363 g/mol. The number of sulfonamides is 1. The summed E-state index contributed by atoms with van der Waals surface area (Å²) in [7, 11) is -3.80. The number of fused-ring (bicyclic) bond motifs is 1.